The van der Waals surface area contributed by atoms with E-state index in [1.54, 1.807) is 0 Å². The Hall–Kier alpha value is -0.860. The van der Waals surface area contributed by atoms with Crippen LogP contribution in [0.25, 0.3) is 0 Å². The molecule has 1 amide bonds. The van der Waals surface area contributed by atoms with Gasteiger partial charge < -0.3 is 4.74 Å². The van der Waals surface area contributed by atoms with Crippen molar-refractivity contribution >= 4 is 11.8 Å². The molecular weight excluding hydrogens is 202 g/mol. The number of ether oxygens (including phenoxy) is 1. The monoisotopic (exact) mass is 223 g/mol. The molecule has 0 N–H and O–H groups in total. The van der Waals surface area contributed by atoms with Crippen LogP contribution in [-0.4, -0.2) is 18.4 Å². The van der Waals surface area contributed by atoms with Crippen molar-refractivity contribution in [2.24, 2.45) is 21.7 Å². The van der Waals surface area contributed by atoms with E-state index in [-0.39, 0.29) is 10.8 Å². The van der Waals surface area contributed by atoms with Crippen molar-refractivity contribution in [3.05, 3.63) is 0 Å². The molecule has 0 saturated heterocycles. The van der Waals surface area contributed by atoms with Crippen LogP contribution in [0.1, 0.15) is 47.0 Å². The predicted molar refractivity (Wildman–Crippen MR) is 63.7 cm³/mol. The molecule has 3 nitrogen and oxygen atoms in total. The fourth-order valence-corrected chi connectivity index (χ4v) is 3.36. The molecule has 2 fully saturated rings. The first kappa shape index (κ1) is 11.6. The second-order valence-electron chi connectivity index (χ2n) is 5.75. The van der Waals surface area contributed by atoms with E-state index in [0.717, 1.165) is 18.6 Å². The smallest absolute Gasteiger partial charge is 0.433 e. The van der Waals surface area contributed by atoms with E-state index in [1.807, 2.05) is 6.92 Å². The molecule has 0 aromatic heterocycles. The van der Waals surface area contributed by atoms with Crippen LogP contribution in [0.15, 0.2) is 4.99 Å². The minimum atomic E-state index is -0.415. The van der Waals surface area contributed by atoms with Crippen LogP contribution in [0.5, 0.6) is 0 Å². The molecule has 0 aromatic rings. The predicted octanol–water partition coefficient (Wildman–Crippen LogP) is 3.43. The van der Waals surface area contributed by atoms with E-state index in [9.17, 15) is 4.79 Å². The molecule has 2 bridgehead atoms. The molecule has 90 valence electrons. The van der Waals surface area contributed by atoms with Crippen molar-refractivity contribution in [3.8, 4) is 0 Å². The van der Waals surface area contributed by atoms with Gasteiger partial charge in [0.15, 0.2) is 0 Å². The summed E-state index contributed by atoms with van der Waals surface area (Å²) in [6, 6.07) is 0. The van der Waals surface area contributed by atoms with Crippen molar-refractivity contribution in [2.45, 2.75) is 47.0 Å². The number of carbonyl (C=O) groups is 1. The Morgan fingerprint density at radius 1 is 1.50 bits per heavy atom. The van der Waals surface area contributed by atoms with Gasteiger partial charge in [0.05, 0.1) is 6.61 Å². The lowest BCUT2D eigenvalue weighted by Crippen LogP contribution is -2.33. The molecule has 2 saturated carbocycles. The third kappa shape index (κ3) is 1.40. The normalized spacial score (nSPS) is 38.0. The number of aliphatic imine (C=N–C) groups is 1. The Balaban J connectivity index is 2.24. The summed E-state index contributed by atoms with van der Waals surface area (Å²) in [5, 5.41) is 0. The van der Waals surface area contributed by atoms with Gasteiger partial charge in [0.25, 0.3) is 0 Å². The molecule has 0 aliphatic heterocycles. The largest absolute Gasteiger partial charge is 0.448 e. The molecule has 2 aliphatic rings. The van der Waals surface area contributed by atoms with Gasteiger partial charge in [0, 0.05) is 11.1 Å². The molecular formula is C13H21NO2. The zero-order chi connectivity index (χ0) is 12.0. The Morgan fingerprint density at radius 3 is 2.62 bits per heavy atom. The first-order valence-corrected chi connectivity index (χ1v) is 6.16. The van der Waals surface area contributed by atoms with E-state index in [2.05, 4.69) is 25.8 Å². The molecule has 0 spiro atoms. The van der Waals surface area contributed by atoms with Gasteiger partial charge in [-0.25, -0.2) is 4.79 Å². The van der Waals surface area contributed by atoms with Crippen LogP contribution in [0, 0.1) is 16.7 Å². The van der Waals surface area contributed by atoms with E-state index in [1.165, 1.54) is 6.42 Å². The molecule has 0 radical (unpaired) electrons. The first-order chi connectivity index (χ1) is 7.41. The summed E-state index contributed by atoms with van der Waals surface area (Å²) in [4.78, 5) is 15.6. The van der Waals surface area contributed by atoms with Gasteiger partial charge in [-0.1, -0.05) is 20.8 Å². The van der Waals surface area contributed by atoms with E-state index in [4.69, 9.17) is 4.74 Å². The van der Waals surface area contributed by atoms with E-state index < -0.39 is 6.09 Å². The fraction of sp³-hybridized carbons (Fsp3) is 0.846. The summed E-state index contributed by atoms with van der Waals surface area (Å²) in [6.07, 6.45) is 2.98. The van der Waals surface area contributed by atoms with E-state index in [0.29, 0.717) is 12.5 Å². The summed E-state index contributed by atoms with van der Waals surface area (Å²) < 4.78 is 4.90. The fourth-order valence-electron chi connectivity index (χ4n) is 3.36. The van der Waals surface area contributed by atoms with Crippen LogP contribution in [-0.2, 0) is 4.74 Å². The first-order valence-electron chi connectivity index (χ1n) is 6.16. The van der Waals surface area contributed by atoms with Gasteiger partial charge in [0.2, 0.25) is 0 Å². The minimum Gasteiger partial charge on any atom is -0.448 e. The number of hydrogen-bond acceptors (Lipinski definition) is 2. The quantitative estimate of drug-likeness (QED) is 0.683. The topological polar surface area (TPSA) is 38.7 Å². The molecule has 0 heterocycles. The molecule has 3 heteroatoms. The number of rotatable bonds is 1. The molecule has 0 aromatic carbocycles. The Labute approximate surface area is 97.3 Å². The van der Waals surface area contributed by atoms with Crippen LogP contribution < -0.4 is 0 Å². The second kappa shape index (κ2) is 3.57. The Bertz CT molecular complexity index is 346. The highest BCUT2D eigenvalue weighted by Gasteiger charge is 2.59. The zero-order valence-corrected chi connectivity index (χ0v) is 10.7. The lowest BCUT2D eigenvalue weighted by molar-refractivity contribution is 0.162. The second-order valence-corrected chi connectivity index (χ2v) is 5.75. The van der Waals surface area contributed by atoms with Crippen LogP contribution in [0.4, 0.5) is 4.79 Å². The van der Waals surface area contributed by atoms with Crippen LogP contribution in [0.2, 0.25) is 0 Å². The molecule has 2 aliphatic carbocycles. The summed E-state index contributed by atoms with van der Waals surface area (Å²) in [7, 11) is 0. The minimum absolute atomic E-state index is 0.102. The van der Waals surface area contributed by atoms with Crippen molar-refractivity contribution < 1.29 is 9.53 Å². The number of amides is 1. The van der Waals surface area contributed by atoms with Gasteiger partial charge in [-0.2, -0.15) is 4.99 Å². The summed E-state index contributed by atoms with van der Waals surface area (Å²) in [5.74, 6) is 0.686. The highest BCUT2D eigenvalue weighted by atomic mass is 16.5. The third-order valence-corrected chi connectivity index (χ3v) is 5.01. The number of hydrogen-bond donors (Lipinski definition) is 0. The van der Waals surface area contributed by atoms with Gasteiger partial charge in [-0.05, 0) is 37.5 Å². The number of carbonyl (C=O) groups excluding carboxylic acids is 1. The standard InChI is InChI=1S/C13H21NO2/c1-5-16-11(15)14-10-8-9-6-7-13(10,4)12(9,2)3/h9H,5-8H2,1-4H3/t9-,13-/m1/s1. The van der Waals surface area contributed by atoms with Gasteiger partial charge >= 0.3 is 6.09 Å². The van der Waals surface area contributed by atoms with Gasteiger partial charge in [-0.3, -0.25) is 0 Å². The number of fused-ring (bicyclic) bond motifs is 2. The average molecular weight is 223 g/mol. The Morgan fingerprint density at radius 2 is 2.19 bits per heavy atom. The van der Waals surface area contributed by atoms with Gasteiger partial charge in [-0.15, -0.1) is 0 Å². The lowest BCUT2D eigenvalue weighted by Gasteiger charge is -2.34. The maximum atomic E-state index is 11.4. The summed E-state index contributed by atoms with van der Waals surface area (Å²) >= 11 is 0. The Kier molecular flexibility index (Phi) is 2.59. The zero-order valence-electron chi connectivity index (χ0n) is 10.7. The van der Waals surface area contributed by atoms with Gasteiger partial charge in [0.1, 0.15) is 0 Å². The van der Waals surface area contributed by atoms with Crippen LogP contribution in [0.3, 0.4) is 0 Å². The maximum Gasteiger partial charge on any atom is 0.433 e. The van der Waals surface area contributed by atoms with Crippen molar-refractivity contribution in [1.29, 1.82) is 0 Å². The maximum absolute atomic E-state index is 11.4. The highest BCUT2D eigenvalue weighted by Crippen LogP contribution is 2.63. The summed E-state index contributed by atoms with van der Waals surface area (Å²) in [6.45, 7) is 9.07. The van der Waals surface area contributed by atoms with Crippen molar-refractivity contribution in [1.82, 2.24) is 0 Å². The summed E-state index contributed by atoms with van der Waals surface area (Å²) in [5.41, 5.74) is 1.44. The molecule has 2 rings (SSSR count). The lowest BCUT2D eigenvalue weighted by atomic mass is 9.70. The van der Waals surface area contributed by atoms with Crippen LogP contribution >= 0.6 is 0 Å². The molecule has 2 atom stereocenters. The third-order valence-electron chi connectivity index (χ3n) is 5.01. The average Bonchev–Trinajstić information content (AvgIpc) is 2.51. The SMILES string of the molecule is CCOC(=O)N=C1C[C@H]2CC[C@@]1(C)C2(C)C. The number of nitrogens with zero attached hydrogens (tertiary/aromatic N) is 1. The van der Waals surface area contributed by atoms with Crippen molar-refractivity contribution in [3.63, 3.8) is 0 Å². The highest BCUT2D eigenvalue weighted by molar-refractivity contribution is 6.00. The molecule has 16 heavy (non-hydrogen) atoms. The van der Waals surface area contributed by atoms with Crippen molar-refractivity contribution in [2.75, 3.05) is 6.61 Å². The van der Waals surface area contributed by atoms with E-state index >= 15 is 0 Å². The molecule has 0 unspecified atom stereocenters.